The molecule has 1 atom stereocenters. The molecule has 1 amide bonds. The Morgan fingerprint density at radius 3 is 2.52 bits per heavy atom. The first-order valence-electron chi connectivity index (χ1n) is 8.73. The van der Waals surface area contributed by atoms with Gasteiger partial charge in [0, 0.05) is 12.5 Å². The van der Waals surface area contributed by atoms with Crippen molar-refractivity contribution < 1.29 is 14.7 Å². The standard InChI is InChI=1S/C19H25NO3/c1-2-13-7-9-15(10-8-13)18(21)20-12-11-14-5-3-4-6-16(14)17(20)19(22)23/h3-6,13,15,17H,2,7-12H2,1H3,(H,22,23). The molecule has 1 aliphatic carbocycles. The second kappa shape index (κ2) is 6.73. The molecule has 1 N–H and O–H groups in total. The van der Waals surface area contributed by atoms with Crippen molar-refractivity contribution in [2.24, 2.45) is 11.8 Å². The van der Waals surface area contributed by atoms with Gasteiger partial charge in [-0.2, -0.15) is 0 Å². The number of carbonyl (C=O) groups is 2. The summed E-state index contributed by atoms with van der Waals surface area (Å²) in [5, 5.41) is 9.69. The Morgan fingerprint density at radius 1 is 1.17 bits per heavy atom. The normalized spacial score (nSPS) is 27.3. The molecule has 1 heterocycles. The fraction of sp³-hybridized carbons (Fsp3) is 0.579. The molecule has 1 saturated carbocycles. The van der Waals surface area contributed by atoms with E-state index in [1.807, 2.05) is 24.3 Å². The van der Waals surface area contributed by atoms with Crippen LogP contribution < -0.4 is 0 Å². The third kappa shape index (κ3) is 3.12. The lowest BCUT2D eigenvalue weighted by Gasteiger charge is -2.38. The van der Waals surface area contributed by atoms with Crippen LogP contribution in [-0.2, 0) is 16.0 Å². The van der Waals surface area contributed by atoms with Crippen molar-refractivity contribution in [3.63, 3.8) is 0 Å². The van der Waals surface area contributed by atoms with E-state index in [1.54, 1.807) is 4.90 Å². The van der Waals surface area contributed by atoms with E-state index in [9.17, 15) is 14.7 Å². The molecule has 4 nitrogen and oxygen atoms in total. The largest absolute Gasteiger partial charge is 0.479 e. The predicted molar refractivity (Wildman–Crippen MR) is 88.0 cm³/mol. The molecule has 1 fully saturated rings. The fourth-order valence-corrected chi connectivity index (χ4v) is 4.12. The van der Waals surface area contributed by atoms with Crippen molar-refractivity contribution in [3.05, 3.63) is 35.4 Å². The Bertz CT molecular complexity index is 590. The van der Waals surface area contributed by atoms with E-state index in [0.717, 1.165) is 49.1 Å². The molecule has 0 aromatic heterocycles. The van der Waals surface area contributed by atoms with E-state index in [-0.39, 0.29) is 11.8 Å². The molecule has 1 unspecified atom stereocenters. The molecule has 4 heteroatoms. The summed E-state index contributed by atoms with van der Waals surface area (Å²) in [6.45, 7) is 2.72. The van der Waals surface area contributed by atoms with Gasteiger partial charge >= 0.3 is 5.97 Å². The number of nitrogens with zero attached hydrogens (tertiary/aromatic N) is 1. The molecule has 0 radical (unpaired) electrons. The van der Waals surface area contributed by atoms with Gasteiger partial charge in [-0.15, -0.1) is 0 Å². The zero-order valence-electron chi connectivity index (χ0n) is 13.7. The van der Waals surface area contributed by atoms with Crippen LogP contribution in [0, 0.1) is 11.8 Å². The smallest absolute Gasteiger partial charge is 0.331 e. The molecule has 1 aromatic rings. The summed E-state index contributed by atoms with van der Waals surface area (Å²) in [6.07, 6.45) is 5.92. The summed E-state index contributed by atoms with van der Waals surface area (Å²) >= 11 is 0. The lowest BCUT2D eigenvalue weighted by Crippen LogP contribution is -2.46. The van der Waals surface area contributed by atoms with Gasteiger partial charge in [-0.1, -0.05) is 37.6 Å². The molecule has 1 aliphatic heterocycles. The molecule has 1 aromatic carbocycles. The third-order valence-corrected chi connectivity index (χ3v) is 5.57. The molecular formula is C19H25NO3. The maximum atomic E-state index is 12.9. The van der Waals surface area contributed by atoms with Crippen LogP contribution in [0.5, 0.6) is 0 Å². The lowest BCUT2D eigenvalue weighted by molar-refractivity contribution is -0.153. The van der Waals surface area contributed by atoms with Crippen LogP contribution in [0.1, 0.15) is 56.2 Å². The number of aliphatic carboxylic acids is 1. The number of carboxylic acids is 1. The number of carbonyl (C=O) groups excluding carboxylic acids is 1. The van der Waals surface area contributed by atoms with Crippen molar-refractivity contribution in [1.29, 1.82) is 0 Å². The van der Waals surface area contributed by atoms with Gasteiger partial charge < -0.3 is 10.0 Å². The SMILES string of the molecule is CCC1CCC(C(=O)N2CCc3ccccc3C2C(=O)O)CC1. The predicted octanol–water partition coefficient (Wildman–Crippen LogP) is 3.41. The summed E-state index contributed by atoms with van der Waals surface area (Å²) < 4.78 is 0. The topological polar surface area (TPSA) is 57.6 Å². The van der Waals surface area contributed by atoms with E-state index < -0.39 is 12.0 Å². The summed E-state index contributed by atoms with van der Waals surface area (Å²) in [6, 6.07) is 6.79. The van der Waals surface area contributed by atoms with Crippen LogP contribution in [-0.4, -0.2) is 28.4 Å². The van der Waals surface area contributed by atoms with E-state index >= 15 is 0 Å². The van der Waals surface area contributed by atoms with Crippen LogP contribution in [0.2, 0.25) is 0 Å². The van der Waals surface area contributed by atoms with Crippen molar-refractivity contribution in [1.82, 2.24) is 4.90 Å². The maximum Gasteiger partial charge on any atom is 0.331 e. The number of fused-ring (bicyclic) bond motifs is 1. The number of hydrogen-bond donors (Lipinski definition) is 1. The third-order valence-electron chi connectivity index (χ3n) is 5.57. The van der Waals surface area contributed by atoms with Crippen molar-refractivity contribution >= 4 is 11.9 Å². The zero-order valence-corrected chi connectivity index (χ0v) is 13.7. The monoisotopic (exact) mass is 315 g/mol. The van der Waals surface area contributed by atoms with E-state index in [4.69, 9.17) is 0 Å². The molecule has 2 aliphatic rings. The number of rotatable bonds is 3. The lowest BCUT2D eigenvalue weighted by atomic mass is 9.79. The highest BCUT2D eigenvalue weighted by Crippen LogP contribution is 2.36. The Hall–Kier alpha value is -1.84. The number of amides is 1. The molecule has 0 spiro atoms. The maximum absolute atomic E-state index is 12.9. The van der Waals surface area contributed by atoms with Gasteiger partial charge in [0.15, 0.2) is 6.04 Å². The van der Waals surface area contributed by atoms with Crippen LogP contribution in [0.4, 0.5) is 0 Å². The second-order valence-electron chi connectivity index (χ2n) is 6.85. The fourth-order valence-electron chi connectivity index (χ4n) is 4.12. The molecule has 3 rings (SSSR count). The quantitative estimate of drug-likeness (QED) is 0.930. The first-order chi connectivity index (χ1) is 11.1. The number of hydrogen-bond acceptors (Lipinski definition) is 2. The molecular weight excluding hydrogens is 290 g/mol. The van der Waals surface area contributed by atoms with Gasteiger partial charge in [-0.05, 0) is 49.1 Å². The van der Waals surface area contributed by atoms with Gasteiger partial charge in [0.05, 0.1) is 0 Å². The van der Waals surface area contributed by atoms with Gasteiger partial charge in [-0.3, -0.25) is 4.79 Å². The van der Waals surface area contributed by atoms with E-state index in [2.05, 4.69) is 6.92 Å². The van der Waals surface area contributed by atoms with Crippen LogP contribution >= 0.6 is 0 Å². The van der Waals surface area contributed by atoms with E-state index in [0.29, 0.717) is 6.54 Å². The summed E-state index contributed by atoms with van der Waals surface area (Å²) in [4.78, 5) is 26.4. The zero-order chi connectivity index (χ0) is 16.4. The average Bonchev–Trinajstić information content (AvgIpc) is 2.60. The number of benzene rings is 1. The van der Waals surface area contributed by atoms with Gasteiger partial charge in [0.25, 0.3) is 0 Å². The second-order valence-corrected chi connectivity index (χ2v) is 6.85. The van der Waals surface area contributed by atoms with Gasteiger partial charge in [0.2, 0.25) is 5.91 Å². The molecule has 124 valence electrons. The minimum Gasteiger partial charge on any atom is -0.479 e. The number of carboxylic acid groups (broad SMARTS) is 1. The van der Waals surface area contributed by atoms with Crippen LogP contribution in [0.25, 0.3) is 0 Å². The Labute approximate surface area is 137 Å². The highest BCUT2D eigenvalue weighted by atomic mass is 16.4. The van der Waals surface area contributed by atoms with Gasteiger partial charge in [0.1, 0.15) is 0 Å². The highest BCUT2D eigenvalue weighted by Gasteiger charge is 2.39. The first-order valence-corrected chi connectivity index (χ1v) is 8.73. The minimum absolute atomic E-state index is 0.00455. The highest BCUT2D eigenvalue weighted by molar-refractivity contribution is 5.86. The molecule has 0 bridgehead atoms. The minimum atomic E-state index is -0.923. The van der Waals surface area contributed by atoms with Crippen LogP contribution in [0.15, 0.2) is 24.3 Å². The Kier molecular flexibility index (Phi) is 4.69. The van der Waals surface area contributed by atoms with Crippen molar-refractivity contribution in [2.45, 2.75) is 51.5 Å². The Morgan fingerprint density at radius 2 is 1.87 bits per heavy atom. The summed E-state index contributed by atoms with van der Waals surface area (Å²) in [5.41, 5.74) is 1.83. The van der Waals surface area contributed by atoms with Crippen molar-refractivity contribution in [2.75, 3.05) is 6.54 Å². The summed E-state index contributed by atoms with van der Waals surface area (Å²) in [7, 11) is 0. The van der Waals surface area contributed by atoms with Gasteiger partial charge in [-0.25, -0.2) is 4.79 Å². The van der Waals surface area contributed by atoms with E-state index in [1.165, 1.54) is 6.42 Å². The summed E-state index contributed by atoms with van der Waals surface area (Å²) in [5.74, 6) is -0.143. The average molecular weight is 315 g/mol. The van der Waals surface area contributed by atoms with Crippen LogP contribution in [0.3, 0.4) is 0 Å². The van der Waals surface area contributed by atoms with Crippen molar-refractivity contribution in [3.8, 4) is 0 Å². The Balaban J connectivity index is 1.79. The molecule has 23 heavy (non-hydrogen) atoms. The molecule has 0 saturated heterocycles. The first kappa shape index (κ1) is 16.0.